The Morgan fingerprint density at radius 2 is 1.65 bits per heavy atom. The van der Waals surface area contributed by atoms with Gasteiger partial charge >= 0.3 is 0 Å². The first kappa shape index (κ1) is 14.5. The van der Waals surface area contributed by atoms with E-state index in [0.717, 1.165) is 19.5 Å². The molecule has 0 saturated carbocycles. The second-order valence-corrected chi connectivity index (χ2v) is 7.40. The average Bonchev–Trinajstić information content (AvgIpc) is 3.16. The van der Waals surface area contributed by atoms with Crippen molar-refractivity contribution >= 4 is 32.9 Å². The first-order chi connectivity index (χ1) is 11.2. The Kier molecular flexibility index (Phi) is 3.67. The van der Waals surface area contributed by atoms with Crippen LogP contribution in [0.5, 0.6) is 0 Å². The smallest absolute Gasteiger partial charge is 0.150 e. The third-order valence-corrected chi connectivity index (χ3v) is 5.68. The van der Waals surface area contributed by atoms with Gasteiger partial charge < -0.3 is 0 Å². The molecule has 0 unspecified atom stereocenters. The number of para-hydroxylation sites is 1. The summed E-state index contributed by atoms with van der Waals surface area (Å²) in [4.78, 5) is 6.36. The number of fused-ring (bicyclic) bond motifs is 1. The van der Waals surface area contributed by atoms with Gasteiger partial charge in [0.2, 0.25) is 0 Å². The molecule has 0 fully saturated rings. The summed E-state index contributed by atoms with van der Waals surface area (Å²) >= 11 is 3.04. The van der Waals surface area contributed by atoms with Gasteiger partial charge in [0, 0.05) is 21.7 Å². The van der Waals surface area contributed by atoms with Crippen LogP contribution in [0.2, 0.25) is 0 Å². The van der Waals surface area contributed by atoms with Gasteiger partial charge in [0.25, 0.3) is 0 Å². The molecule has 0 saturated heterocycles. The van der Waals surface area contributed by atoms with Crippen molar-refractivity contribution < 1.29 is 8.78 Å². The molecule has 0 atom stereocenters. The fraction of sp³-hybridized carbons (Fsp3) is 0.0556. The molecule has 1 nitrogen and oxygen atoms in total. The minimum atomic E-state index is -0.289. The largest absolute Gasteiger partial charge is 0.238 e. The molecule has 4 aromatic rings. The van der Waals surface area contributed by atoms with Crippen molar-refractivity contribution in [2.24, 2.45) is 0 Å². The molecular weight excluding hydrogens is 332 g/mol. The van der Waals surface area contributed by atoms with E-state index in [4.69, 9.17) is 0 Å². The second kappa shape index (κ2) is 5.83. The summed E-state index contributed by atoms with van der Waals surface area (Å²) < 4.78 is 28.4. The van der Waals surface area contributed by atoms with Crippen LogP contribution in [0.15, 0.2) is 54.6 Å². The third-order valence-electron chi connectivity index (χ3n) is 3.54. The molecule has 0 aliphatic rings. The van der Waals surface area contributed by atoms with Crippen LogP contribution in [-0.4, -0.2) is 4.98 Å². The van der Waals surface area contributed by atoms with Gasteiger partial charge in [0.1, 0.15) is 17.2 Å². The van der Waals surface area contributed by atoms with Crippen LogP contribution in [0.1, 0.15) is 9.88 Å². The fourth-order valence-corrected chi connectivity index (χ4v) is 4.60. The molecule has 114 valence electrons. The van der Waals surface area contributed by atoms with Gasteiger partial charge in [-0.1, -0.05) is 24.3 Å². The molecule has 5 heteroatoms. The number of benzene rings is 2. The SMILES string of the molecule is Fc1ccccc1-c1ccc(Cc2nc3c(F)cccc3s2)s1. The van der Waals surface area contributed by atoms with Crippen LogP contribution in [0.3, 0.4) is 0 Å². The predicted octanol–water partition coefficient (Wildman–Crippen LogP) is 5.89. The van der Waals surface area contributed by atoms with Crippen molar-refractivity contribution in [3.63, 3.8) is 0 Å². The standard InChI is InChI=1S/C18H11F2NS2/c19-13-5-2-1-4-12(13)15-9-8-11(22-15)10-17-21-18-14(20)6-3-7-16(18)23-17/h1-9H,10H2. The van der Waals surface area contributed by atoms with Crippen molar-refractivity contribution in [3.8, 4) is 10.4 Å². The van der Waals surface area contributed by atoms with E-state index in [9.17, 15) is 8.78 Å². The molecule has 2 heterocycles. The molecule has 4 rings (SSSR count). The van der Waals surface area contributed by atoms with Crippen LogP contribution in [0, 0.1) is 11.6 Å². The molecule has 0 aliphatic carbocycles. The quantitative estimate of drug-likeness (QED) is 0.452. The van der Waals surface area contributed by atoms with E-state index in [1.807, 2.05) is 24.3 Å². The van der Waals surface area contributed by atoms with Crippen molar-refractivity contribution in [1.29, 1.82) is 0 Å². The minimum absolute atomic E-state index is 0.219. The maximum atomic E-state index is 13.9. The van der Waals surface area contributed by atoms with E-state index in [0.29, 0.717) is 17.5 Å². The summed E-state index contributed by atoms with van der Waals surface area (Å²) in [5.74, 6) is -0.508. The lowest BCUT2D eigenvalue weighted by Gasteiger charge is -1.98. The van der Waals surface area contributed by atoms with E-state index >= 15 is 0 Å². The third kappa shape index (κ3) is 2.78. The highest BCUT2D eigenvalue weighted by atomic mass is 32.1. The zero-order valence-corrected chi connectivity index (χ0v) is 13.6. The lowest BCUT2D eigenvalue weighted by Crippen LogP contribution is -1.83. The number of nitrogens with zero attached hydrogens (tertiary/aromatic N) is 1. The van der Waals surface area contributed by atoms with E-state index < -0.39 is 0 Å². The van der Waals surface area contributed by atoms with Gasteiger partial charge in [-0.05, 0) is 30.3 Å². The Morgan fingerprint density at radius 1 is 0.826 bits per heavy atom. The van der Waals surface area contributed by atoms with Crippen molar-refractivity contribution in [3.05, 3.63) is 76.1 Å². The maximum absolute atomic E-state index is 13.9. The Labute approximate surface area is 139 Å². The molecule has 2 aromatic heterocycles. The topological polar surface area (TPSA) is 12.9 Å². The van der Waals surface area contributed by atoms with Crippen LogP contribution < -0.4 is 0 Å². The lowest BCUT2D eigenvalue weighted by molar-refractivity contribution is 0.631. The van der Waals surface area contributed by atoms with Gasteiger partial charge in [-0.25, -0.2) is 13.8 Å². The van der Waals surface area contributed by atoms with E-state index in [2.05, 4.69) is 4.98 Å². The van der Waals surface area contributed by atoms with Crippen LogP contribution in [0.4, 0.5) is 8.78 Å². The van der Waals surface area contributed by atoms with Crippen molar-refractivity contribution in [2.75, 3.05) is 0 Å². The molecule has 0 N–H and O–H groups in total. The van der Waals surface area contributed by atoms with Gasteiger partial charge in [-0.3, -0.25) is 0 Å². The summed E-state index contributed by atoms with van der Waals surface area (Å²) in [5, 5.41) is 0.868. The fourth-order valence-electron chi connectivity index (χ4n) is 2.46. The number of aromatic nitrogens is 1. The normalized spacial score (nSPS) is 11.2. The monoisotopic (exact) mass is 343 g/mol. The van der Waals surface area contributed by atoms with E-state index in [1.165, 1.54) is 23.5 Å². The summed E-state index contributed by atoms with van der Waals surface area (Å²) in [6.45, 7) is 0. The van der Waals surface area contributed by atoms with Crippen molar-refractivity contribution in [1.82, 2.24) is 4.98 Å². The van der Waals surface area contributed by atoms with Gasteiger partial charge in [0.05, 0.1) is 9.71 Å². The van der Waals surface area contributed by atoms with Crippen molar-refractivity contribution in [2.45, 2.75) is 6.42 Å². The van der Waals surface area contributed by atoms with Gasteiger partial charge in [-0.15, -0.1) is 22.7 Å². The second-order valence-electron chi connectivity index (χ2n) is 5.12. The highest BCUT2D eigenvalue weighted by Crippen LogP contribution is 2.32. The Bertz CT molecular complexity index is 988. The summed E-state index contributed by atoms with van der Waals surface area (Å²) in [6, 6.07) is 15.6. The molecule has 0 bridgehead atoms. The number of halogens is 2. The number of rotatable bonds is 3. The molecule has 23 heavy (non-hydrogen) atoms. The highest BCUT2D eigenvalue weighted by Gasteiger charge is 2.11. The number of thiazole rings is 1. The first-order valence-electron chi connectivity index (χ1n) is 7.08. The summed E-state index contributed by atoms with van der Waals surface area (Å²) in [7, 11) is 0. The van der Waals surface area contributed by atoms with Gasteiger partial charge in [-0.2, -0.15) is 0 Å². The molecular formula is C18H11F2NS2. The lowest BCUT2D eigenvalue weighted by atomic mass is 10.2. The van der Waals surface area contributed by atoms with E-state index in [-0.39, 0.29) is 11.6 Å². The Balaban J connectivity index is 1.64. The average molecular weight is 343 g/mol. The number of hydrogen-bond acceptors (Lipinski definition) is 3. The zero-order valence-electron chi connectivity index (χ0n) is 11.9. The Hall–Kier alpha value is -2.11. The molecule has 2 aromatic carbocycles. The van der Waals surface area contributed by atoms with Crippen LogP contribution in [-0.2, 0) is 6.42 Å². The molecule has 0 amide bonds. The molecule has 0 aliphatic heterocycles. The van der Waals surface area contributed by atoms with Crippen LogP contribution in [0.25, 0.3) is 20.7 Å². The highest BCUT2D eigenvalue weighted by molar-refractivity contribution is 7.19. The summed E-state index contributed by atoms with van der Waals surface area (Å²) in [6.07, 6.45) is 0.637. The first-order valence-corrected chi connectivity index (χ1v) is 8.71. The predicted molar refractivity (Wildman–Crippen MR) is 92.1 cm³/mol. The summed E-state index contributed by atoms with van der Waals surface area (Å²) in [5.41, 5.74) is 1.04. The van der Waals surface area contributed by atoms with E-state index in [1.54, 1.807) is 29.5 Å². The minimum Gasteiger partial charge on any atom is -0.238 e. The van der Waals surface area contributed by atoms with Crippen LogP contribution >= 0.6 is 22.7 Å². The molecule has 0 radical (unpaired) electrons. The number of thiophene rings is 1. The number of hydrogen-bond donors (Lipinski definition) is 0. The van der Waals surface area contributed by atoms with Gasteiger partial charge in [0.15, 0.2) is 0 Å². The maximum Gasteiger partial charge on any atom is 0.150 e. The Morgan fingerprint density at radius 3 is 2.48 bits per heavy atom. The molecule has 0 spiro atoms. The zero-order chi connectivity index (χ0) is 15.8.